The van der Waals surface area contributed by atoms with E-state index in [1.165, 1.54) is 12.0 Å². The molecule has 0 atom stereocenters. The summed E-state index contributed by atoms with van der Waals surface area (Å²) in [4.78, 5) is 43.7. The number of nitrogens with two attached hydrogens (primary N) is 1. The topological polar surface area (TPSA) is 141 Å². The van der Waals surface area contributed by atoms with Gasteiger partial charge in [0.2, 0.25) is 11.8 Å². The van der Waals surface area contributed by atoms with Crippen LogP contribution in [0.25, 0.3) is 0 Å². The number of nitrogens with one attached hydrogen (secondary N) is 1. The smallest absolute Gasteiger partial charge is 0.361 e. The van der Waals surface area contributed by atoms with Gasteiger partial charge in [0.25, 0.3) is 0 Å². The third-order valence-electron chi connectivity index (χ3n) is 5.18. The molecule has 2 aliphatic rings. The monoisotopic (exact) mass is 397 g/mol. The lowest BCUT2D eigenvalue weighted by Crippen LogP contribution is -2.54. The van der Waals surface area contributed by atoms with Gasteiger partial charge in [0.1, 0.15) is 24.2 Å². The van der Waals surface area contributed by atoms with Crippen molar-refractivity contribution < 1.29 is 24.1 Å². The molecule has 10 heteroatoms. The van der Waals surface area contributed by atoms with E-state index in [2.05, 4.69) is 19.7 Å². The van der Waals surface area contributed by atoms with Crippen LogP contribution in [0.4, 0.5) is 11.5 Å². The minimum Gasteiger partial charge on any atom is -0.474 e. The number of nitrogen functional groups attached to an aromatic ring is 1. The molecule has 1 spiro atoms. The van der Waals surface area contributed by atoms with Gasteiger partial charge in [-0.25, -0.2) is 14.8 Å². The largest absolute Gasteiger partial charge is 0.474 e. The number of fused-ring (bicyclic) bond motifs is 2. The van der Waals surface area contributed by atoms with Crippen LogP contribution in [0.15, 0.2) is 30.5 Å². The number of hydrogen-bond acceptors (Lipinski definition) is 9. The molecule has 0 saturated heterocycles. The SMILES string of the molecule is COOC(=O)CN1C(=O)C2(CC(Oc3ccc(N)c(C=N)n3)C2)c2cccnc21. The fourth-order valence-corrected chi connectivity index (χ4v) is 3.86. The lowest BCUT2D eigenvalue weighted by Gasteiger charge is -2.43. The lowest BCUT2D eigenvalue weighted by atomic mass is 9.63. The number of rotatable bonds is 6. The van der Waals surface area contributed by atoms with Crippen molar-refractivity contribution in [3.05, 3.63) is 41.7 Å². The minimum absolute atomic E-state index is 0.218. The number of nitrogens with zero attached hydrogens (tertiary/aromatic N) is 3. The second-order valence-electron chi connectivity index (χ2n) is 6.89. The Morgan fingerprint density at radius 3 is 2.93 bits per heavy atom. The Hall–Kier alpha value is -3.53. The average Bonchev–Trinajstić information content (AvgIpc) is 2.92. The molecule has 1 fully saturated rings. The van der Waals surface area contributed by atoms with Crippen molar-refractivity contribution in [1.82, 2.24) is 9.97 Å². The summed E-state index contributed by atoms with van der Waals surface area (Å²) in [6.45, 7) is -0.286. The van der Waals surface area contributed by atoms with Crippen molar-refractivity contribution in [3.63, 3.8) is 0 Å². The predicted molar refractivity (Wildman–Crippen MR) is 102 cm³/mol. The summed E-state index contributed by atoms with van der Waals surface area (Å²) >= 11 is 0. The Morgan fingerprint density at radius 1 is 1.41 bits per heavy atom. The maximum atomic E-state index is 13.2. The quantitative estimate of drug-likeness (QED) is 0.418. The van der Waals surface area contributed by atoms with Gasteiger partial charge >= 0.3 is 5.97 Å². The van der Waals surface area contributed by atoms with Crippen LogP contribution in [0.3, 0.4) is 0 Å². The molecule has 3 heterocycles. The molecule has 2 aromatic rings. The Bertz CT molecular complexity index is 989. The third-order valence-corrected chi connectivity index (χ3v) is 5.18. The fraction of sp³-hybridized carbons (Fsp3) is 0.316. The Labute approximate surface area is 166 Å². The molecule has 1 amide bonds. The second-order valence-corrected chi connectivity index (χ2v) is 6.89. The third kappa shape index (κ3) is 3.07. The van der Waals surface area contributed by atoms with Crippen LogP contribution in [0.5, 0.6) is 5.88 Å². The molecule has 3 N–H and O–H groups in total. The van der Waals surface area contributed by atoms with Crippen molar-refractivity contribution in [2.45, 2.75) is 24.4 Å². The first-order valence-electron chi connectivity index (χ1n) is 8.93. The highest BCUT2D eigenvalue weighted by Gasteiger charge is 2.60. The first-order valence-corrected chi connectivity index (χ1v) is 8.93. The molecule has 0 bridgehead atoms. The normalized spacial score (nSPS) is 22.2. The van der Waals surface area contributed by atoms with Crippen molar-refractivity contribution in [1.29, 1.82) is 5.41 Å². The summed E-state index contributed by atoms with van der Waals surface area (Å²) in [5.74, 6) is -0.118. The number of hydrogen-bond donors (Lipinski definition) is 2. The van der Waals surface area contributed by atoms with E-state index in [1.54, 1.807) is 24.4 Å². The molecule has 1 saturated carbocycles. The van der Waals surface area contributed by atoms with Gasteiger partial charge in [-0.1, -0.05) is 6.07 Å². The lowest BCUT2D eigenvalue weighted by molar-refractivity contribution is -0.253. The molecule has 2 aromatic heterocycles. The first kappa shape index (κ1) is 18.8. The van der Waals surface area contributed by atoms with E-state index in [0.717, 1.165) is 11.8 Å². The molecule has 1 aliphatic carbocycles. The van der Waals surface area contributed by atoms with Gasteiger partial charge in [0.15, 0.2) is 0 Å². The highest BCUT2D eigenvalue weighted by atomic mass is 17.2. The number of amides is 1. The number of ether oxygens (including phenoxy) is 1. The molecular weight excluding hydrogens is 378 g/mol. The summed E-state index contributed by atoms with van der Waals surface area (Å²) in [7, 11) is 1.22. The Morgan fingerprint density at radius 2 is 2.21 bits per heavy atom. The van der Waals surface area contributed by atoms with Gasteiger partial charge in [-0.15, -0.1) is 0 Å². The van der Waals surface area contributed by atoms with Gasteiger partial charge in [-0.2, -0.15) is 4.89 Å². The van der Waals surface area contributed by atoms with Gasteiger partial charge < -0.3 is 15.9 Å². The molecule has 0 aromatic carbocycles. The summed E-state index contributed by atoms with van der Waals surface area (Å²) in [6, 6.07) is 6.86. The van der Waals surface area contributed by atoms with Crippen molar-refractivity contribution in [2.75, 3.05) is 24.3 Å². The van der Waals surface area contributed by atoms with Crippen LogP contribution in [0, 0.1) is 5.41 Å². The van der Waals surface area contributed by atoms with E-state index in [9.17, 15) is 9.59 Å². The van der Waals surface area contributed by atoms with Crippen LogP contribution in [-0.4, -0.2) is 47.8 Å². The van der Waals surface area contributed by atoms with E-state index in [1.807, 2.05) is 6.07 Å². The standard InChI is InChI=1S/C19H19N5O5/c1-27-29-16(25)10-24-17-12(3-2-6-22-17)19(18(24)26)7-11(8-19)28-15-5-4-13(21)14(9-20)23-15/h2-6,9,11,20H,7-8,10,21H2,1H3. The van der Waals surface area contributed by atoms with Crippen LogP contribution in [0.2, 0.25) is 0 Å². The van der Waals surface area contributed by atoms with Crippen LogP contribution < -0.4 is 15.4 Å². The van der Waals surface area contributed by atoms with E-state index in [0.29, 0.717) is 35.9 Å². The minimum atomic E-state index is -0.792. The summed E-state index contributed by atoms with van der Waals surface area (Å²) in [5, 5.41) is 7.34. The van der Waals surface area contributed by atoms with Gasteiger partial charge in [-0.05, 0) is 12.1 Å². The number of carbonyl (C=O) groups is 2. The van der Waals surface area contributed by atoms with Crippen molar-refractivity contribution >= 4 is 29.6 Å². The molecule has 4 rings (SSSR count). The Balaban J connectivity index is 1.53. The number of aromatic nitrogens is 2. The molecule has 0 unspecified atom stereocenters. The highest BCUT2D eigenvalue weighted by Crippen LogP contribution is 2.53. The summed E-state index contributed by atoms with van der Waals surface area (Å²) in [6.07, 6.45) is 3.24. The van der Waals surface area contributed by atoms with Gasteiger partial charge in [0.05, 0.1) is 18.2 Å². The molecular formula is C19H19N5O5. The summed E-state index contributed by atoms with van der Waals surface area (Å²) < 4.78 is 5.88. The molecule has 10 nitrogen and oxygen atoms in total. The van der Waals surface area contributed by atoms with E-state index >= 15 is 0 Å². The Kier molecular flexibility index (Phi) is 4.63. The van der Waals surface area contributed by atoms with E-state index in [-0.39, 0.29) is 18.6 Å². The zero-order chi connectivity index (χ0) is 20.6. The van der Waals surface area contributed by atoms with Crippen LogP contribution in [-0.2, 0) is 24.8 Å². The maximum absolute atomic E-state index is 13.2. The molecule has 1 aliphatic heterocycles. The van der Waals surface area contributed by atoms with Crippen molar-refractivity contribution in [3.8, 4) is 5.88 Å². The molecule has 150 valence electrons. The molecule has 0 radical (unpaired) electrons. The fourth-order valence-electron chi connectivity index (χ4n) is 3.86. The van der Waals surface area contributed by atoms with Gasteiger partial charge in [0, 0.05) is 36.9 Å². The van der Waals surface area contributed by atoms with Crippen molar-refractivity contribution in [2.24, 2.45) is 0 Å². The van der Waals surface area contributed by atoms with Gasteiger partial charge in [-0.3, -0.25) is 14.6 Å². The summed E-state index contributed by atoms with van der Waals surface area (Å²) in [5.41, 5.74) is 6.43. The number of anilines is 2. The van der Waals surface area contributed by atoms with Crippen LogP contribution >= 0.6 is 0 Å². The maximum Gasteiger partial charge on any atom is 0.361 e. The number of pyridine rings is 2. The zero-order valence-corrected chi connectivity index (χ0v) is 15.6. The molecule has 29 heavy (non-hydrogen) atoms. The predicted octanol–water partition coefficient (Wildman–Crippen LogP) is 0.987. The van der Waals surface area contributed by atoms with E-state index < -0.39 is 11.4 Å². The number of carbonyl (C=O) groups excluding carboxylic acids is 2. The van der Waals surface area contributed by atoms with Crippen LogP contribution in [0.1, 0.15) is 24.1 Å². The second kappa shape index (κ2) is 7.13. The first-order chi connectivity index (χ1) is 14.0. The average molecular weight is 397 g/mol. The highest BCUT2D eigenvalue weighted by molar-refractivity contribution is 6.10. The van der Waals surface area contributed by atoms with E-state index in [4.69, 9.17) is 15.9 Å². The zero-order valence-electron chi connectivity index (χ0n) is 15.6.